The summed E-state index contributed by atoms with van der Waals surface area (Å²) >= 11 is 0. The number of furan rings is 5. The van der Waals surface area contributed by atoms with Gasteiger partial charge in [0.15, 0.2) is 58.9 Å². The standard InChI is InChI=1S/C23H19N2O.4C22H17N2O/c1-14-10-12-25(3)19(13-14)20-15(2)16-7-4-5-8-17(16)21-18-9-6-11-24-23(18)26-22(20)21;1-14-15-8-3-4-9-16(15)20-17-10-7-12-23-22(17)25-21(20)19(14)18-11-5-6-13-24(18)2;1-14-15-8-3-4-9-16(15)20-21-18(11-7-12-23-21)25-22(20)19(14)17-10-5-6-13-24(17)2;1-14-15-7-3-4-8-16(15)21-17-13-23-11-10-19(17)25-22(21)20(14)18-9-5-6-12-24(18)2;1-14-15-7-3-4-8-16(15)21-17-10-11-23-13-19(17)25-22(21)20(14)18-9-5-6-12-24(18)2/h4-13H,1-3H3;4*3-13H,1-2H3/q5*+1. The van der Waals surface area contributed by atoms with Crippen LogP contribution in [0.3, 0.4) is 0 Å². The summed E-state index contributed by atoms with van der Waals surface area (Å²) in [5.41, 5.74) is 28.2. The van der Waals surface area contributed by atoms with E-state index >= 15 is 0 Å². The highest BCUT2D eigenvalue weighted by Crippen LogP contribution is 2.49. The molecule has 15 aromatic heterocycles. The van der Waals surface area contributed by atoms with Gasteiger partial charge < -0.3 is 22.1 Å². The lowest BCUT2D eigenvalue weighted by atomic mass is 9.93. The van der Waals surface area contributed by atoms with E-state index in [9.17, 15) is 0 Å². The average Bonchev–Trinajstić information content (AvgIpc) is 1.56. The van der Waals surface area contributed by atoms with Crippen molar-refractivity contribution in [2.45, 2.75) is 41.5 Å². The van der Waals surface area contributed by atoms with Gasteiger partial charge in [0.25, 0.3) is 0 Å². The Labute approximate surface area is 724 Å². The maximum atomic E-state index is 6.33. The molecular formula is C111H87N10O5+5. The molecule has 0 atom stereocenters. The summed E-state index contributed by atoms with van der Waals surface area (Å²) in [7, 11) is 10.4. The van der Waals surface area contributed by atoms with Crippen LogP contribution in [0.15, 0.2) is 351 Å². The summed E-state index contributed by atoms with van der Waals surface area (Å²) < 4.78 is 42.2. The van der Waals surface area contributed by atoms with Gasteiger partial charge in [-0.3, -0.25) is 15.0 Å². The third-order valence-corrected chi connectivity index (χ3v) is 25.2. The second kappa shape index (κ2) is 31.5. The lowest BCUT2D eigenvalue weighted by Crippen LogP contribution is -2.30. The normalized spacial score (nSPS) is 11.6. The first kappa shape index (κ1) is 77.3. The number of hydrogen-bond acceptors (Lipinski definition) is 10. The molecule has 0 aliphatic rings. The Balaban J connectivity index is 0.0000000961. The Morgan fingerprint density at radius 2 is 0.540 bits per heavy atom. The molecule has 0 aliphatic heterocycles. The van der Waals surface area contributed by atoms with E-state index in [0.29, 0.717) is 11.4 Å². The first-order valence-electron chi connectivity index (χ1n) is 42.3. The molecule has 0 aliphatic carbocycles. The molecule has 15 heterocycles. The summed E-state index contributed by atoms with van der Waals surface area (Å²) in [6.07, 6.45) is 23.1. The van der Waals surface area contributed by atoms with E-state index in [-0.39, 0.29) is 0 Å². The van der Waals surface area contributed by atoms with Gasteiger partial charge in [0.1, 0.15) is 57.5 Å². The summed E-state index contributed by atoms with van der Waals surface area (Å²) in [6, 6.07) is 88.0. The van der Waals surface area contributed by atoms with Crippen molar-refractivity contribution in [3.63, 3.8) is 0 Å². The molecule has 0 unspecified atom stereocenters. The van der Waals surface area contributed by atoms with Gasteiger partial charge in [-0.05, 0) is 202 Å². The molecule has 0 saturated carbocycles. The number of hydrogen-bond donors (Lipinski definition) is 0. The van der Waals surface area contributed by atoms with Crippen LogP contribution in [-0.2, 0) is 35.2 Å². The van der Waals surface area contributed by atoms with Crippen LogP contribution >= 0.6 is 0 Å². The molecule has 0 fully saturated rings. The van der Waals surface area contributed by atoms with Crippen LogP contribution in [0.25, 0.3) is 220 Å². The van der Waals surface area contributed by atoms with Crippen molar-refractivity contribution in [1.29, 1.82) is 0 Å². The van der Waals surface area contributed by atoms with E-state index in [1.807, 2.05) is 79.3 Å². The van der Waals surface area contributed by atoms with Gasteiger partial charge in [-0.2, -0.15) is 0 Å². The molecule has 606 valence electrons. The summed E-state index contributed by atoms with van der Waals surface area (Å²) in [5, 5.41) is 22.3. The monoisotopic (exact) mass is 1640 g/mol. The van der Waals surface area contributed by atoms with E-state index in [0.717, 1.165) is 155 Å². The molecule has 10 aromatic carbocycles. The average molecular weight is 1640 g/mol. The van der Waals surface area contributed by atoms with Gasteiger partial charge in [0, 0.05) is 141 Å². The van der Waals surface area contributed by atoms with Crippen molar-refractivity contribution in [1.82, 2.24) is 24.9 Å². The number of rotatable bonds is 5. The molecule has 25 rings (SSSR count). The van der Waals surface area contributed by atoms with Gasteiger partial charge in [-0.25, -0.2) is 32.8 Å². The van der Waals surface area contributed by atoms with Crippen molar-refractivity contribution < 1.29 is 44.9 Å². The summed E-state index contributed by atoms with van der Waals surface area (Å²) in [4.78, 5) is 22.1. The highest BCUT2D eigenvalue weighted by molar-refractivity contribution is 6.28. The number of nitrogens with zero attached hydrogens (tertiary/aromatic N) is 10. The number of fused-ring (bicyclic) bond motifs is 25. The molecule has 0 amide bonds. The topological polar surface area (TPSA) is 150 Å². The first-order chi connectivity index (χ1) is 61.7. The number of pyridine rings is 10. The highest BCUT2D eigenvalue weighted by Gasteiger charge is 2.31. The van der Waals surface area contributed by atoms with Crippen LogP contribution in [0.4, 0.5) is 0 Å². The molecule has 25 aromatic rings. The highest BCUT2D eigenvalue weighted by atomic mass is 16.4. The zero-order chi connectivity index (χ0) is 85.7. The van der Waals surface area contributed by atoms with Crippen molar-refractivity contribution >= 4 is 164 Å². The predicted octanol–water partition coefficient (Wildman–Crippen LogP) is 25.0. The van der Waals surface area contributed by atoms with Gasteiger partial charge >= 0.3 is 0 Å². The van der Waals surface area contributed by atoms with Crippen LogP contribution in [0.1, 0.15) is 33.4 Å². The lowest BCUT2D eigenvalue weighted by molar-refractivity contribution is -0.660. The van der Waals surface area contributed by atoms with Crippen LogP contribution in [-0.4, -0.2) is 24.9 Å². The minimum absolute atomic E-state index is 0.688. The third-order valence-electron chi connectivity index (χ3n) is 25.2. The Morgan fingerprint density at radius 3 is 0.976 bits per heavy atom. The van der Waals surface area contributed by atoms with Crippen molar-refractivity contribution in [2.24, 2.45) is 35.2 Å². The lowest BCUT2D eigenvalue weighted by Gasteiger charge is -2.10. The van der Waals surface area contributed by atoms with Crippen molar-refractivity contribution in [3.05, 3.63) is 363 Å². The SMILES string of the molecule is Cc1c(-c2cccc[n+]2C)c2oc3cccnc3c2c2ccccc12.Cc1c(-c2cccc[n+]2C)c2oc3ccncc3c2c2ccccc12.Cc1c(-c2cccc[n+]2C)c2oc3cnccc3c2c2ccccc12.Cc1c(-c2cccc[n+]2C)c2oc3ncccc3c2c2ccccc12.Cc1cc[n+](C)c(-c2c(C)c3ccccc3c3c2oc2ncccc23)c1. The molecule has 15 nitrogen and oxygen atoms in total. The van der Waals surface area contributed by atoms with Crippen LogP contribution in [0.5, 0.6) is 0 Å². The largest absolute Gasteiger partial charge is 0.455 e. The minimum atomic E-state index is 0.688. The maximum absolute atomic E-state index is 6.33. The first-order valence-corrected chi connectivity index (χ1v) is 42.3. The molecular weight excluding hydrogens is 1550 g/mol. The van der Waals surface area contributed by atoms with Crippen LogP contribution in [0.2, 0.25) is 0 Å². The van der Waals surface area contributed by atoms with Gasteiger partial charge in [0.2, 0.25) is 39.9 Å². The van der Waals surface area contributed by atoms with E-state index in [1.165, 1.54) is 87.2 Å². The zero-order valence-corrected chi connectivity index (χ0v) is 71.7. The smallest absolute Gasteiger partial charge is 0.227 e. The van der Waals surface area contributed by atoms with Gasteiger partial charge in [-0.15, -0.1) is 0 Å². The van der Waals surface area contributed by atoms with E-state index in [1.54, 1.807) is 24.8 Å². The molecule has 15 heteroatoms. The molecule has 0 spiro atoms. The number of aromatic nitrogens is 10. The van der Waals surface area contributed by atoms with Crippen molar-refractivity contribution in [2.75, 3.05) is 0 Å². The predicted molar refractivity (Wildman–Crippen MR) is 507 cm³/mol. The Bertz CT molecular complexity index is 7930. The van der Waals surface area contributed by atoms with Crippen LogP contribution < -0.4 is 22.8 Å². The molecule has 126 heavy (non-hydrogen) atoms. The fourth-order valence-electron chi connectivity index (χ4n) is 19.2. The Morgan fingerprint density at radius 1 is 0.222 bits per heavy atom. The molecule has 0 N–H and O–H groups in total. The number of benzene rings is 10. The number of aryl methyl sites for hydroxylation is 11. The third kappa shape index (κ3) is 12.8. The fraction of sp³-hybridized carbons (Fsp3) is 0.0991. The van der Waals surface area contributed by atoms with Gasteiger partial charge in [-0.1, -0.05) is 121 Å². The second-order valence-corrected chi connectivity index (χ2v) is 32.6. The van der Waals surface area contributed by atoms with E-state index in [2.05, 4.69) is 350 Å². The Kier molecular flexibility index (Phi) is 19.3. The zero-order valence-electron chi connectivity index (χ0n) is 71.7. The van der Waals surface area contributed by atoms with Crippen molar-refractivity contribution in [3.8, 4) is 56.3 Å². The van der Waals surface area contributed by atoms with E-state index < -0.39 is 0 Å². The van der Waals surface area contributed by atoms with E-state index in [4.69, 9.17) is 22.1 Å². The van der Waals surface area contributed by atoms with Gasteiger partial charge in [0.05, 0.1) is 39.4 Å². The summed E-state index contributed by atoms with van der Waals surface area (Å²) in [6.45, 7) is 13.0. The molecule has 0 bridgehead atoms. The Hall–Kier alpha value is -16.0. The maximum Gasteiger partial charge on any atom is 0.227 e. The summed E-state index contributed by atoms with van der Waals surface area (Å²) in [5.74, 6) is 0. The molecule has 0 saturated heterocycles. The molecule has 0 radical (unpaired) electrons. The second-order valence-electron chi connectivity index (χ2n) is 32.6. The fourth-order valence-corrected chi connectivity index (χ4v) is 19.2. The van der Waals surface area contributed by atoms with Crippen LogP contribution in [0, 0.1) is 41.5 Å². The quantitative estimate of drug-likeness (QED) is 0.152. The minimum Gasteiger partial charge on any atom is -0.455 e.